The predicted octanol–water partition coefficient (Wildman–Crippen LogP) is -0.0362. The Morgan fingerprint density at radius 1 is 1.53 bits per heavy atom. The molecular formula is C10H18N2O3. The second kappa shape index (κ2) is 5.11. The van der Waals surface area contributed by atoms with Gasteiger partial charge in [0.15, 0.2) is 0 Å². The van der Waals surface area contributed by atoms with Crippen LogP contribution in [-0.2, 0) is 9.59 Å². The first kappa shape index (κ1) is 12.0. The Morgan fingerprint density at radius 2 is 2.20 bits per heavy atom. The zero-order valence-corrected chi connectivity index (χ0v) is 9.12. The molecule has 0 bridgehead atoms. The molecule has 3 N–H and O–H groups in total. The number of nitrogens with one attached hydrogen (secondary N) is 2. The minimum Gasteiger partial charge on any atom is -0.480 e. The lowest BCUT2D eigenvalue weighted by atomic mass is 9.92. The number of carboxylic acids is 1. The van der Waals surface area contributed by atoms with Crippen LogP contribution in [0.25, 0.3) is 0 Å². The maximum absolute atomic E-state index is 11.7. The van der Waals surface area contributed by atoms with Gasteiger partial charge in [0.25, 0.3) is 0 Å². The van der Waals surface area contributed by atoms with Gasteiger partial charge < -0.3 is 15.7 Å². The van der Waals surface area contributed by atoms with E-state index in [0.29, 0.717) is 0 Å². The molecule has 5 nitrogen and oxygen atoms in total. The fraction of sp³-hybridized carbons (Fsp3) is 0.800. The normalized spacial score (nSPS) is 28.1. The Bertz CT molecular complexity index is 255. The lowest BCUT2D eigenvalue weighted by Crippen LogP contribution is -2.53. The Labute approximate surface area is 89.2 Å². The van der Waals surface area contributed by atoms with Crippen molar-refractivity contribution in [3.8, 4) is 0 Å². The van der Waals surface area contributed by atoms with Crippen LogP contribution in [0.1, 0.15) is 26.7 Å². The highest BCUT2D eigenvalue weighted by Gasteiger charge is 2.28. The van der Waals surface area contributed by atoms with Gasteiger partial charge in [0.1, 0.15) is 6.04 Å². The van der Waals surface area contributed by atoms with Gasteiger partial charge in [-0.15, -0.1) is 0 Å². The highest BCUT2D eigenvalue weighted by Crippen LogP contribution is 2.15. The van der Waals surface area contributed by atoms with Gasteiger partial charge in [-0.3, -0.25) is 9.59 Å². The molecule has 1 saturated heterocycles. The molecule has 0 aromatic rings. The molecule has 1 rings (SSSR count). The van der Waals surface area contributed by atoms with Crippen LogP contribution in [0.2, 0.25) is 0 Å². The van der Waals surface area contributed by atoms with Crippen molar-refractivity contribution in [3.63, 3.8) is 0 Å². The monoisotopic (exact) mass is 214 g/mol. The summed E-state index contributed by atoms with van der Waals surface area (Å²) >= 11 is 0. The van der Waals surface area contributed by atoms with Crippen molar-refractivity contribution >= 4 is 11.9 Å². The fourth-order valence-corrected chi connectivity index (χ4v) is 1.77. The van der Waals surface area contributed by atoms with Gasteiger partial charge in [-0.1, -0.05) is 6.92 Å². The number of carbonyl (C=O) groups excluding carboxylic acids is 1. The van der Waals surface area contributed by atoms with Crippen LogP contribution in [0, 0.1) is 5.92 Å². The van der Waals surface area contributed by atoms with Crippen molar-refractivity contribution in [1.82, 2.24) is 10.6 Å². The summed E-state index contributed by atoms with van der Waals surface area (Å²) in [6, 6.07) is -1.08. The highest BCUT2D eigenvalue weighted by atomic mass is 16.4. The van der Waals surface area contributed by atoms with Crippen molar-refractivity contribution in [2.24, 2.45) is 5.92 Å². The van der Waals surface area contributed by atoms with Gasteiger partial charge >= 0.3 is 5.97 Å². The lowest BCUT2D eigenvalue weighted by Gasteiger charge is -2.29. The smallest absolute Gasteiger partial charge is 0.325 e. The summed E-state index contributed by atoms with van der Waals surface area (Å²) in [5.41, 5.74) is 0. The Balaban J connectivity index is 2.48. The molecule has 0 saturated carbocycles. The van der Waals surface area contributed by atoms with Crippen molar-refractivity contribution in [3.05, 3.63) is 0 Å². The third-order valence-corrected chi connectivity index (χ3v) is 2.78. The first-order valence-electron chi connectivity index (χ1n) is 5.29. The molecule has 1 aliphatic rings. The molecule has 3 unspecified atom stereocenters. The summed E-state index contributed by atoms with van der Waals surface area (Å²) in [6.07, 6.45) is 2.08. The van der Waals surface area contributed by atoms with Crippen LogP contribution in [0.3, 0.4) is 0 Å². The minimum absolute atomic E-state index is 0.211. The molecule has 1 amide bonds. The largest absolute Gasteiger partial charge is 0.480 e. The molecule has 0 aromatic carbocycles. The molecule has 1 aliphatic heterocycles. The number of hydrogen-bond acceptors (Lipinski definition) is 3. The summed E-state index contributed by atoms with van der Waals surface area (Å²) in [6.45, 7) is 4.29. The third-order valence-electron chi connectivity index (χ3n) is 2.78. The first-order chi connectivity index (χ1) is 7.02. The van der Waals surface area contributed by atoms with E-state index in [2.05, 4.69) is 10.6 Å². The zero-order valence-electron chi connectivity index (χ0n) is 9.12. The average molecular weight is 214 g/mol. The van der Waals surface area contributed by atoms with Crippen molar-refractivity contribution < 1.29 is 14.7 Å². The maximum atomic E-state index is 11.7. The zero-order chi connectivity index (χ0) is 11.4. The number of carbonyl (C=O) groups is 2. The van der Waals surface area contributed by atoms with Gasteiger partial charge in [0.2, 0.25) is 5.91 Å². The van der Waals surface area contributed by atoms with Crippen molar-refractivity contribution in [2.75, 3.05) is 6.54 Å². The van der Waals surface area contributed by atoms with E-state index in [-0.39, 0.29) is 17.9 Å². The second-order valence-electron chi connectivity index (χ2n) is 4.12. The quantitative estimate of drug-likeness (QED) is 0.616. The van der Waals surface area contributed by atoms with Crippen LogP contribution in [0.4, 0.5) is 0 Å². The maximum Gasteiger partial charge on any atom is 0.325 e. The van der Waals surface area contributed by atoms with E-state index < -0.39 is 12.0 Å². The topological polar surface area (TPSA) is 78.4 Å². The molecule has 0 aromatic heterocycles. The molecular weight excluding hydrogens is 196 g/mol. The van der Waals surface area contributed by atoms with E-state index in [1.807, 2.05) is 6.92 Å². The van der Waals surface area contributed by atoms with Gasteiger partial charge in [0.05, 0.1) is 6.04 Å². The molecule has 1 fully saturated rings. The average Bonchev–Trinajstić information content (AvgIpc) is 2.18. The predicted molar refractivity (Wildman–Crippen MR) is 55.4 cm³/mol. The molecule has 5 heteroatoms. The summed E-state index contributed by atoms with van der Waals surface area (Å²) in [5, 5.41) is 14.2. The van der Waals surface area contributed by atoms with Crippen LogP contribution in [-0.4, -0.2) is 35.6 Å². The van der Waals surface area contributed by atoms with Crippen molar-refractivity contribution in [2.45, 2.75) is 38.8 Å². The third kappa shape index (κ3) is 3.20. The molecule has 0 spiro atoms. The van der Waals surface area contributed by atoms with E-state index in [4.69, 9.17) is 5.11 Å². The molecule has 0 radical (unpaired) electrons. The van der Waals surface area contributed by atoms with Crippen LogP contribution in [0.5, 0.6) is 0 Å². The fourth-order valence-electron chi connectivity index (χ4n) is 1.77. The van der Waals surface area contributed by atoms with Crippen LogP contribution in [0.15, 0.2) is 0 Å². The number of hydrogen-bond donors (Lipinski definition) is 3. The Morgan fingerprint density at radius 3 is 2.73 bits per heavy atom. The first-order valence-corrected chi connectivity index (χ1v) is 5.29. The summed E-state index contributed by atoms with van der Waals surface area (Å²) < 4.78 is 0. The number of rotatable bonds is 3. The van der Waals surface area contributed by atoms with E-state index in [9.17, 15) is 9.59 Å². The van der Waals surface area contributed by atoms with Crippen LogP contribution < -0.4 is 10.6 Å². The van der Waals surface area contributed by atoms with Gasteiger partial charge in [-0.05, 0) is 32.2 Å². The van der Waals surface area contributed by atoms with E-state index >= 15 is 0 Å². The Hall–Kier alpha value is -1.10. The number of piperidine rings is 1. The summed E-state index contributed by atoms with van der Waals surface area (Å²) in [5.74, 6) is -0.955. The molecule has 86 valence electrons. The van der Waals surface area contributed by atoms with E-state index in [1.165, 1.54) is 6.92 Å². The summed E-state index contributed by atoms with van der Waals surface area (Å²) in [7, 11) is 0. The van der Waals surface area contributed by atoms with Gasteiger partial charge in [0, 0.05) is 0 Å². The Kier molecular flexibility index (Phi) is 4.08. The molecule has 0 aliphatic carbocycles. The van der Waals surface area contributed by atoms with Crippen molar-refractivity contribution in [1.29, 1.82) is 0 Å². The van der Waals surface area contributed by atoms with Crippen LogP contribution >= 0.6 is 0 Å². The standard InChI is InChI=1S/C10H18N2O3/c1-6-4-3-5-11-8(6)9(13)12-7(2)10(14)15/h6-8,11H,3-5H2,1-2H3,(H,12,13)(H,14,15). The number of carboxylic acid groups (broad SMARTS) is 1. The number of amides is 1. The number of aliphatic carboxylic acids is 1. The SMILES string of the molecule is CC(NC(=O)C1NCCCC1C)C(=O)O. The minimum atomic E-state index is -1.01. The molecule has 15 heavy (non-hydrogen) atoms. The highest BCUT2D eigenvalue weighted by molar-refractivity contribution is 5.86. The van der Waals surface area contributed by atoms with Gasteiger partial charge in [-0.2, -0.15) is 0 Å². The molecule has 1 heterocycles. The summed E-state index contributed by atoms with van der Waals surface area (Å²) in [4.78, 5) is 22.3. The molecule has 3 atom stereocenters. The van der Waals surface area contributed by atoms with Gasteiger partial charge in [-0.25, -0.2) is 0 Å². The second-order valence-corrected chi connectivity index (χ2v) is 4.12. The van der Waals surface area contributed by atoms with E-state index in [0.717, 1.165) is 19.4 Å². The van der Waals surface area contributed by atoms with E-state index in [1.54, 1.807) is 0 Å². The lowest BCUT2D eigenvalue weighted by molar-refractivity contribution is -0.141.